The maximum absolute atomic E-state index is 13.1. The van der Waals surface area contributed by atoms with Crippen molar-refractivity contribution >= 4 is 30.8 Å². The van der Waals surface area contributed by atoms with Gasteiger partial charge in [-0.2, -0.15) is 10.5 Å². The van der Waals surface area contributed by atoms with E-state index >= 15 is 0 Å². The minimum Gasteiger partial charge on any atom is -0.485 e. The fourth-order valence-corrected chi connectivity index (χ4v) is 8.48. The second-order valence-electron chi connectivity index (χ2n) is 12.7. The Labute approximate surface area is 263 Å². The molecule has 2 saturated heterocycles. The summed E-state index contributed by atoms with van der Waals surface area (Å²) in [5.74, 6) is 1.15. The first-order valence-corrected chi connectivity index (χ1v) is 16.9. The molecule has 0 unspecified atom stereocenters. The van der Waals surface area contributed by atoms with Gasteiger partial charge >= 0.3 is 0 Å². The summed E-state index contributed by atoms with van der Waals surface area (Å²) in [4.78, 5) is 29.8. The fourth-order valence-electron chi connectivity index (χ4n) is 6.82. The van der Waals surface area contributed by atoms with E-state index in [4.69, 9.17) is 29.8 Å². The van der Waals surface area contributed by atoms with Gasteiger partial charge in [0.05, 0.1) is 35.3 Å². The number of nitrogens with zero attached hydrogens (tertiary/aromatic N) is 4. The topological polar surface area (TPSA) is 125 Å². The normalized spacial score (nSPS) is 26.8. The van der Waals surface area contributed by atoms with E-state index < -0.39 is 43.2 Å². The Hall–Kier alpha value is -3.40. The molecular weight excluding hydrogens is 603 g/mol. The van der Waals surface area contributed by atoms with Crippen LogP contribution in [0.15, 0.2) is 36.4 Å². The summed E-state index contributed by atoms with van der Waals surface area (Å²) in [6.07, 6.45) is 0.788. The fraction of sp³-hybridized carbons (Fsp3) is 0.500. The van der Waals surface area contributed by atoms with Crippen molar-refractivity contribution in [3.8, 4) is 23.6 Å². The second kappa shape index (κ2) is 11.5. The number of likely N-dealkylation sites (tertiary alicyclic amines) is 2. The van der Waals surface area contributed by atoms with Gasteiger partial charge in [-0.3, -0.25) is 9.59 Å². The maximum atomic E-state index is 13.1. The monoisotopic (exact) mass is 636 g/mol. The predicted octanol–water partition coefficient (Wildman–Crippen LogP) is 6.04. The van der Waals surface area contributed by atoms with Crippen molar-refractivity contribution in [1.82, 2.24) is 9.80 Å². The van der Waals surface area contributed by atoms with Crippen LogP contribution in [0.3, 0.4) is 0 Å². The number of benzene rings is 2. The molecule has 4 aliphatic heterocycles. The highest BCUT2D eigenvalue weighted by Crippen LogP contribution is 2.57. The summed E-state index contributed by atoms with van der Waals surface area (Å²) in [5, 5.41) is 19.3. The number of carbonyl (C=O) groups is 2. The molecule has 0 spiro atoms. The van der Waals surface area contributed by atoms with Gasteiger partial charge in [0.1, 0.15) is 34.9 Å². The SMILES string of the molecule is CC1(C)Oc2ccc(C#N)cc2[C@@H](N2CCCC2=O)[C@@H]1OP(Cl)O[C@H]1[C@H](N2CCCC2=O)c2cc(C#N)ccc2OC1(C)C. The molecule has 0 saturated carbocycles. The van der Waals surface area contributed by atoms with E-state index in [9.17, 15) is 20.1 Å². The van der Waals surface area contributed by atoms with Crippen LogP contribution in [0.25, 0.3) is 0 Å². The van der Waals surface area contributed by atoms with Crippen molar-refractivity contribution in [3.05, 3.63) is 58.7 Å². The minimum absolute atomic E-state index is 0.00578. The lowest BCUT2D eigenvalue weighted by Gasteiger charge is -2.49. The zero-order valence-corrected chi connectivity index (χ0v) is 26.7. The van der Waals surface area contributed by atoms with E-state index in [-0.39, 0.29) is 11.8 Å². The molecule has 6 rings (SSSR count). The molecule has 4 atom stereocenters. The van der Waals surface area contributed by atoms with Gasteiger partial charge in [-0.15, -0.1) is 0 Å². The Balaban J connectivity index is 1.36. The minimum atomic E-state index is -2.15. The van der Waals surface area contributed by atoms with Crippen LogP contribution < -0.4 is 9.47 Å². The van der Waals surface area contributed by atoms with E-state index in [0.717, 1.165) is 0 Å². The Morgan fingerprint density at radius 3 is 1.55 bits per heavy atom. The molecule has 2 fully saturated rings. The van der Waals surface area contributed by atoms with E-state index in [0.29, 0.717) is 72.5 Å². The van der Waals surface area contributed by atoms with E-state index in [1.807, 2.05) is 27.7 Å². The van der Waals surface area contributed by atoms with Crippen LogP contribution in [-0.2, 0) is 18.6 Å². The van der Waals surface area contributed by atoms with Crippen LogP contribution in [0.5, 0.6) is 11.5 Å². The van der Waals surface area contributed by atoms with E-state index in [1.165, 1.54) is 0 Å². The number of carbonyl (C=O) groups excluding carboxylic acids is 2. The molecule has 0 radical (unpaired) electrons. The Bertz CT molecular complexity index is 1470. The van der Waals surface area contributed by atoms with Gasteiger partial charge in [-0.1, -0.05) is 0 Å². The third-order valence-electron chi connectivity index (χ3n) is 8.89. The summed E-state index contributed by atoms with van der Waals surface area (Å²) in [6.45, 7) is 8.60. The van der Waals surface area contributed by atoms with Crippen molar-refractivity contribution in [2.24, 2.45) is 0 Å². The predicted molar refractivity (Wildman–Crippen MR) is 162 cm³/mol. The van der Waals surface area contributed by atoms with Crippen molar-refractivity contribution in [2.45, 2.75) is 88.9 Å². The van der Waals surface area contributed by atoms with E-state index in [2.05, 4.69) is 12.1 Å². The standard InChI is InChI=1S/C32H34ClN4O6P/c1-31(2)29(27(36-13-5-7-25(36)38)21-15-19(17-34)9-11-23(21)40-31)42-44(33)43-30-28(37-14-6-8-26(37)39)22-16-20(18-35)10-12-24(22)41-32(30,3)4/h9-12,15-16,27-30H,5-8,13-14H2,1-4H3/t27-,28-,29+,30+/m1/s1. The lowest BCUT2D eigenvalue weighted by Crippen LogP contribution is -2.55. The molecule has 4 aliphatic rings. The highest BCUT2D eigenvalue weighted by molar-refractivity contribution is 7.76. The molecule has 2 aromatic rings. The summed E-state index contributed by atoms with van der Waals surface area (Å²) in [5.41, 5.74) is 0.408. The summed E-state index contributed by atoms with van der Waals surface area (Å²) in [6, 6.07) is 13.6. The number of halogens is 1. The summed E-state index contributed by atoms with van der Waals surface area (Å²) in [7, 11) is -2.15. The van der Waals surface area contributed by atoms with Gasteiger partial charge < -0.3 is 28.3 Å². The maximum Gasteiger partial charge on any atom is 0.277 e. The quantitative estimate of drug-likeness (QED) is 0.352. The van der Waals surface area contributed by atoms with Gasteiger partial charge in [0, 0.05) is 37.1 Å². The molecule has 10 nitrogen and oxygen atoms in total. The number of amides is 2. The molecule has 4 heterocycles. The average molecular weight is 637 g/mol. The average Bonchev–Trinajstić information content (AvgIpc) is 3.60. The molecule has 0 aliphatic carbocycles. The third-order valence-corrected chi connectivity index (χ3v) is 10.2. The molecule has 12 heteroatoms. The van der Waals surface area contributed by atoms with Gasteiger partial charge in [0.25, 0.3) is 7.73 Å². The van der Waals surface area contributed by atoms with Gasteiger partial charge in [-0.25, -0.2) is 0 Å². The van der Waals surface area contributed by atoms with Crippen molar-refractivity contribution < 1.29 is 28.1 Å². The Morgan fingerprint density at radius 1 is 0.795 bits per heavy atom. The Kier molecular flexibility index (Phi) is 8.01. The third kappa shape index (κ3) is 5.39. The highest BCUT2D eigenvalue weighted by Gasteiger charge is 2.53. The number of fused-ring (bicyclic) bond motifs is 2. The smallest absolute Gasteiger partial charge is 0.277 e. The molecule has 2 aromatic carbocycles. The highest BCUT2D eigenvalue weighted by atomic mass is 35.7. The molecule has 44 heavy (non-hydrogen) atoms. The van der Waals surface area contributed by atoms with Gasteiger partial charge in [-0.05, 0) is 88.2 Å². The molecule has 0 bridgehead atoms. The van der Waals surface area contributed by atoms with Crippen LogP contribution in [0.4, 0.5) is 0 Å². The van der Waals surface area contributed by atoms with Crippen LogP contribution in [0, 0.1) is 22.7 Å². The number of hydrogen-bond acceptors (Lipinski definition) is 8. The molecule has 2 amide bonds. The molecule has 0 aromatic heterocycles. The van der Waals surface area contributed by atoms with Crippen LogP contribution in [0.2, 0.25) is 0 Å². The van der Waals surface area contributed by atoms with Crippen LogP contribution in [-0.4, -0.2) is 58.1 Å². The second-order valence-corrected chi connectivity index (χ2v) is 14.4. The van der Waals surface area contributed by atoms with E-state index in [1.54, 1.807) is 46.2 Å². The molecule has 230 valence electrons. The Morgan fingerprint density at radius 2 is 1.20 bits per heavy atom. The summed E-state index contributed by atoms with van der Waals surface area (Å²) < 4.78 is 25.9. The first kappa shape index (κ1) is 30.6. The number of rotatable bonds is 6. The van der Waals surface area contributed by atoms with Crippen molar-refractivity contribution in [1.29, 1.82) is 10.5 Å². The zero-order valence-electron chi connectivity index (χ0n) is 25.1. The lowest BCUT2D eigenvalue weighted by molar-refractivity contribution is -0.140. The first-order valence-electron chi connectivity index (χ1n) is 14.8. The zero-order chi connectivity index (χ0) is 31.4. The van der Waals surface area contributed by atoms with Gasteiger partial charge in [0.15, 0.2) is 0 Å². The largest absolute Gasteiger partial charge is 0.485 e. The lowest BCUT2D eigenvalue weighted by atomic mass is 9.85. The van der Waals surface area contributed by atoms with Crippen molar-refractivity contribution in [2.75, 3.05) is 13.1 Å². The van der Waals surface area contributed by atoms with Crippen LogP contribution in [0.1, 0.15) is 87.7 Å². The summed E-state index contributed by atoms with van der Waals surface area (Å²) >= 11 is 6.99. The number of nitriles is 2. The molecule has 0 N–H and O–H groups in total. The number of hydrogen-bond donors (Lipinski definition) is 0. The van der Waals surface area contributed by atoms with Crippen molar-refractivity contribution in [3.63, 3.8) is 0 Å². The number of ether oxygens (including phenoxy) is 2. The van der Waals surface area contributed by atoms with Crippen LogP contribution >= 0.6 is 19.0 Å². The van der Waals surface area contributed by atoms with Gasteiger partial charge in [0.2, 0.25) is 11.8 Å². The molecular formula is C32H34ClN4O6P. The first-order chi connectivity index (χ1) is 20.9.